The molecule has 6 heteroatoms. The molecule has 28 heavy (non-hydrogen) atoms. The van der Waals surface area contributed by atoms with Crippen molar-refractivity contribution in [3.8, 4) is 11.1 Å². The number of pyridine rings is 1. The predicted octanol–water partition coefficient (Wildman–Crippen LogP) is 5.22. The molecule has 0 saturated carbocycles. The van der Waals surface area contributed by atoms with Gasteiger partial charge in [-0.25, -0.2) is 0 Å². The number of rotatable bonds is 3. The number of halogens is 3. The Balaban J connectivity index is 1.74. The van der Waals surface area contributed by atoms with Gasteiger partial charge in [-0.15, -0.1) is 0 Å². The van der Waals surface area contributed by atoms with E-state index in [0.717, 1.165) is 28.8 Å². The molecule has 1 atom stereocenters. The highest BCUT2D eigenvalue weighted by Gasteiger charge is 2.43. The minimum absolute atomic E-state index is 0.176. The summed E-state index contributed by atoms with van der Waals surface area (Å²) in [5.41, 5.74) is 2.16. The van der Waals surface area contributed by atoms with Crippen molar-refractivity contribution in [1.82, 2.24) is 4.98 Å². The van der Waals surface area contributed by atoms with E-state index in [9.17, 15) is 18.0 Å². The first kappa shape index (κ1) is 18.2. The lowest BCUT2D eigenvalue weighted by molar-refractivity contribution is -0.137. The van der Waals surface area contributed by atoms with Crippen LogP contribution in [0.3, 0.4) is 0 Å². The Bertz CT molecular complexity index is 1050. The fraction of sp³-hybridized carbons (Fsp3) is 0.182. The Kier molecular flexibility index (Phi) is 4.22. The molecule has 3 aromatic rings. The van der Waals surface area contributed by atoms with Crippen molar-refractivity contribution in [1.29, 1.82) is 0 Å². The van der Waals surface area contributed by atoms with Crippen LogP contribution in [-0.2, 0) is 22.8 Å². The number of carbonyl (C=O) groups is 1. The maximum absolute atomic E-state index is 13.0. The molecule has 0 radical (unpaired) electrons. The van der Waals surface area contributed by atoms with Gasteiger partial charge in [-0.2, -0.15) is 13.2 Å². The Morgan fingerprint density at radius 3 is 2.46 bits per heavy atom. The highest BCUT2D eigenvalue weighted by Crippen LogP contribution is 2.42. The molecule has 0 aliphatic carbocycles. The van der Waals surface area contributed by atoms with E-state index in [-0.39, 0.29) is 12.3 Å². The lowest BCUT2D eigenvalue weighted by Crippen LogP contribution is -2.33. The highest BCUT2D eigenvalue weighted by atomic mass is 19.4. The minimum atomic E-state index is -4.42. The Labute approximate surface area is 160 Å². The third kappa shape index (κ3) is 3.15. The van der Waals surface area contributed by atoms with Crippen LogP contribution in [-0.4, -0.2) is 10.9 Å². The average molecular weight is 382 g/mol. The van der Waals surface area contributed by atoms with Gasteiger partial charge in [0.2, 0.25) is 5.91 Å². The number of nitrogens with one attached hydrogen (secondary N) is 1. The van der Waals surface area contributed by atoms with Gasteiger partial charge >= 0.3 is 6.18 Å². The monoisotopic (exact) mass is 382 g/mol. The molecule has 1 amide bonds. The molecule has 0 bridgehead atoms. The summed E-state index contributed by atoms with van der Waals surface area (Å²) in [4.78, 5) is 16.8. The summed E-state index contributed by atoms with van der Waals surface area (Å²) in [6, 6.07) is 14.6. The maximum Gasteiger partial charge on any atom is 0.416 e. The number of hydrogen-bond acceptors (Lipinski definition) is 2. The number of fused-ring (bicyclic) bond motifs is 1. The first-order valence-corrected chi connectivity index (χ1v) is 8.80. The van der Waals surface area contributed by atoms with E-state index in [2.05, 4.69) is 10.3 Å². The van der Waals surface area contributed by atoms with Crippen molar-refractivity contribution in [2.45, 2.75) is 24.9 Å². The molecule has 1 aliphatic heterocycles. The topological polar surface area (TPSA) is 42.0 Å². The second-order valence-corrected chi connectivity index (χ2v) is 7.16. The SMILES string of the molecule is CC1(Cc2cccc(C(F)(F)F)c2)C(=O)Nc2ccc(-c3ccncc3)cc21. The fourth-order valence-electron chi connectivity index (χ4n) is 3.66. The predicted molar refractivity (Wildman–Crippen MR) is 101 cm³/mol. The van der Waals surface area contributed by atoms with Crippen LogP contribution >= 0.6 is 0 Å². The molecule has 4 rings (SSSR count). The van der Waals surface area contributed by atoms with E-state index in [1.54, 1.807) is 25.4 Å². The number of hydrogen-bond donors (Lipinski definition) is 1. The zero-order chi connectivity index (χ0) is 19.9. The summed E-state index contributed by atoms with van der Waals surface area (Å²) in [6.07, 6.45) is -0.863. The van der Waals surface area contributed by atoms with Crippen molar-refractivity contribution >= 4 is 11.6 Å². The second-order valence-electron chi connectivity index (χ2n) is 7.16. The first-order chi connectivity index (χ1) is 13.3. The molecule has 142 valence electrons. The van der Waals surface area contributed by atoms with Crippen LogP contribution in [0.15, 0.2) is 67.0 Å². The molecule has 1 unspecified atom stereocenters. The van der Waals surface area contributed by atoms with Gasteiger partial charge in [-0.1, -0.05) is 24.3 Å². The van der Waals surface area contributed by atoms with Gasteiger partial charge in [0.05, 0.1) is 11.0 Å². The standard InChI is InChI=1S/C22H17F3N2O/c1-21(13-14-3-2-4-17(11-14)22(23,24)25)18-12-16(15-7-9-26-10-8-15)5-6-19(18)27-20(21)28/h2-12H,13H2,1H3,(H,27,28). The minimum Gasteiger partial charge on any atom is -0.325 e. The van der Waals surface area contributed by atoms with Crippen molar-refractivity contribution < 1.29 is 18.0 Å². The number of carbonyl (C=O) groups excluding carboxylic acids is 1. The summed E-state index contributed by atoms with van der Waals surface area (Å²) in [5, 5.41) is 2.86. The molecule has 0 fully saturated rings. The van der Waals surface area contributed by atoms with Gasteiger partial charge in [-0.05, 0) is 65.9 Å². The van der Waals surface area contributed by atoms with Gasteiger partial charge < -0.3 is 5.32 Å². The summed E-state index contributed by atoms with van der Waals surface area (Å²) in [7, 11) is 0. The normalized spacial score (nSPS) is 18.6. The highest BCUT2D eigenvalue weighted by molar-refractivity contribution is 6.06. The number of alkyl halides is 3. The smallest absolute Gasteiger partial charge is 0.325 e. The molecule has 1 N–H and O–H groups in total. The van der Waals surface area contributed by atoms with Crippen LogP contribution in [0.25, 0.3) is 11.1 Å². The molecule has 0 spiro atoms. The van der Waals surface area contributed by atoms with Gasteiger partial charge in [0.25, 0.3) is 0 Å². The van der Waals surface area contributed by atoms with Gasteiger partial charge in [0, 0.05) is 18.1 Å². The molecule has 0 saturated heterocycles. The summed E-state index contributed by atoms with van der Waals surface area (Å²) < 4.78 is 39.1. The van der Waals surface area contributed by atoms with Gasteiger partial charge in [0.1, 0.15) is 0 Å². The van der Waals surface area contributed by atoms with Gasteiger partial charge in [-0.3, -0.25) is 9.78 Å². The van der Waals surface area contributed by atoms with Crippen LogP contribution in [0, 0.1) is 0 Å². The van der Waals surface area contributed by atoms with Crippen molar-refractivity contribution in [2.75, 3.05) is 5.32 Å². The Hall–Kier alpha value is -3.15. The third-order valence-corrected chi connectivity index (χ3v) is 5.19. The average Bonchev–Trinajstić information content (AvgIpc) is 2.92. The van der Waals surface area contributed by atoms with E-state index >= 15 is 0 Å². The number of benzene rings is 2. The van der Waals surface area contributed by atoms with E-state index in [0.29, 0.717) is 11.3 Å². The van der Waals surface area contributed by atoms with Crippen LogP contribution in [0.1, 0.15) is 23.6 Å². The Morgan fingerprint density at radius 1 is 1.00 bits per heavy atom. The zero-order valence-corrected chi connectivity index (χ0v) is 15.0. The largest absolute Gasteiger partial charge is 0.416 e. The van der Waals surface area contributed by atoms with Crippen LogP contribution in [0.5, 0.6) is 0 Å². The maximum atomic E-state index is 13.0. The molecular weight excluding hydrogens is 365 g/mol. The number of nitrogens with zero attached hydrogens (tertiary/aromatic N) is 1. The number of anilines is 1. The van der Waals surface area contributed by atoms with Crippen LogP contribution in [0.4, 0.5) is 18.9 Å². The summed E-state index contributed by atoms with van der Waals surface area (Å²) >= 11 is 0. The quantitative estimate of drug-likeness (QED) is 0.675. The van der Waals surface area contributed by atoms with Crippen LogP contribution in [0.2, 0.25) is 0 Å². The van der Waals surface area contributed by atoms with E-state index in [1.807, 2.05) is 30.3 Å². The van der Waals surface area contributed by atoms with E-state index in [4.69, 9.17) is 0 Å². The van der Waals surface area contributed by atoms with Crippen molar-refractivity contribution in [3.63, 3.8) is 0 Å². The van der Waals surface area contributed by atoms with Gasteiger partial charge in [0.15, 0.2) is 0 Å². The Morgan fingerprint density at radius 2 is 1.75 bits per heavy atom. The van der Waals surface area contributed by atoms with E-state index < -0.39 is 17.2 Å². The van der Waals surface area contributed by atoms with Crippen LogP contribution < -0.4 is 5.32 Å². The number of aromatic nitrogens is 1. The summed E-state index contributed by atoms with van der Waals surface area (Å²) in [6.45, 7) is 1.77. The molecule has 1 aliphatic rings. The second kappa shape index (κ2) is 6.48. The molecular formula is C22H17F3N2O. The fourth-order valence-corrected chi connectivity index (χ4v) is 3.66. The molecule has 2 aromatic carbocycles. The number of amides is 1. The lowest BCUT2D eigenvalue weighted by atomic mass is 9.77. The van der Waals surface area contributed by atoms with E-state index in [1.165, 1.54) is 6.07 Å². The zero-order valence-electron chi connectivity index (χ0n) is 15.0. The molecule has 1 aromatic heterocycles. The van der Waals surface area contributed by atoms with Crippen molar-refractivity contribution in [2.24, 2.45) is 0 Å². The lowest BCUT2D eigenvalue weighted by Gasteiger charge is -2.23. The molecule has 2 heterocycles. The first-order valence-electron chi connectivity index (χ1n) is 8.80. The third-order valence-electron chi connectivity index (χ3n) is 5.19. The molecule has 3 nitrogen and oxygen atoms in total. The van der Waals surface area contributed by atoms with Crippen molar-refractivity contribution in [3.05, 3.63) is 83.7 Å². The summed E-state index contributed by atoms with van der Waals surface area (Å²) in [5.74, 6) is -0.216.